The van der Waals surface area contributed by atoms with Gasteiger partial charge in [0.05, 0.1) is 6.04 Å². The molecule has 1 saturated heterocycles. The average Bonchev–Trinajstić information content (AvgIpc) is 2.60. The molecule has 0 spiro atoms. The third-order valence-corrected chi connectivity index (χ3v) is 3.76. The van der Waals surface area contributed by atoms with E-state index >= 15 is 0 Å². The van der Waals surface area contributed by atoms with Crippen LogP contribution in [0.25, 0.3) is 0 Å². The first kappa shape index (κ1) is 10.1. The molecule has 1 aromatic rings. The van der Waals surface area contributed by atoms with E-state index < -0.39 is 0 Å². The third-order valence-electron chi connectivity index (χ3n) is 3.76. The Morgan fingerprint density at radius 2 is 2.12 bits per heavy atom. The lowest BCUT2D eigenvalue weighted by atomic mass is 9.93. The Morgan fingerprint density at radius 3 is 2.75 bits per heavy atom. The summed E-state index contributed by atoms with van der Waals surface area (Å²) in [6, 6.07) is 0.356. The number of nitrogens with zero attached hydrogens (tertiary/aromatic N) is 2. The lowest BCUT2D eigenvalue weighted by molar-refractivity contribution is 0.280. The Balaban J connectivity index is 1.82. The van der Waals surface area contributed by atoms with E-state index in [-0.39, 0.29) is 5.69 Å². The van der Waals surface area contributed by atoms with Crippen molar-refractivity contribution < 1.29 is 0 Å². The molecule has 1 unspecified atom stereocenters. The zero-order chi connectivity index (χ0) is 11.0. The van der Waals surface area contributed by atoms with Crippen molar-refractivity contribution in [2.24, 2.45) is 0 Å². The first-order valence-corrected chi connectivity index (χ1v) is 6.24. The van der Waals surface area contributed by atoms with Gasteiger partial charge in [-0.3, -0.25) is 4.98 Å². The number of aromatic nitrogens is 3. The summed E-state index contributed by atoms with van der Waals surface area (Å²) in [5.41, 5.74) is -0.0229. The molecule has 2 fully saturated rings. The van der Waals surface area contributed by atoms with Crippen LogP contribution in [0.5, 0.6) is 0 Å². The minimum atomic E-state index is -0.0229. The molecule has 88 valence electrons. The quantitative estimate of drug-likeness (QED) is 0.776. The van der Waals surface area contributed by atoms with Crippen molar-refractivity contribution in [1.29, 1.82) is 0 Å². The van der Waals surface area contributed by atoms with Gasteiger partial charge in [0.15, 0.2) is 0 Å². The number of aromatic amines is 1. The van der Waals surface area contributed by atoms with E-state index in [9.17, 15) is 4.79 Å². The highest BCUT2D eigenvalue weighted by Gasteiger charge is 2.25. The SMILES string of the molecule is O=c1[nH]c(C2CCCNC2)nn1C1CCC1. The molecule has 0 radical (unpaired) electrons. The van der Waals surface area contributed by atoms with Crippen molar-refractivity contribution in [2.75, 3.05) is 13.1 Å². The second-order valence-corrected chi connectivity index (χ2v) is 4.89. The smallest absolute Gasteiger partial charge is 0.316 e. The van der Waals surface area contributed by atoms with Crippen LogP contribution >= 0.6 is 0 Å². The number of rotatable bonds is 2. The van der Waals surface area contributed by atoms with Crippen LogP contribution in [-0.4, -0.2) is 27.9 Å². The standard InChI is InChI=1S/C11H18N4O/c16-11-13-10(8-3-2-6-12-7-8)14-15(11)9-4-1-5-9/h8-9,12H,1-7H2,(H,13,14,16). The molecule has 1 aliphatic carbocycles. The predicted octanol–water partition coefficient (Wildman–Crippen LogP) is 0.763. The minimum absolute atomic E-state index is 0.0229. The highest BCUT2D eigenvalue weighted by atomic mass is 16.2. The van der Waals surface area contributed by atoms with Gasteiger partial charge in [-0.2, -0.15) is 5.10 Å². The maximum Gasteiger partial charge on any atom is 0.343 e. The van der Waals surface area contributed by atoms with Crippen molar-refractivity contribution in [3.05, 3.63) is 16.3 Å². The molecular weight excluding hydrogens is 204 g/mol. The molecule has 0 aromatic carbocycles. The largest absolute Gasteiger partial charge is 0.343 e. The van der Waals surface area contributed by atoms with Crippen LogP contribution in [-0.2, 0) is 0 Å². The van der Waals surface area contributed by atoms with Crippen LogP contribution in [0.15, 0.2) is 4.79 Å². The van der Waals surface area contributed by atoms with E-state index in [4.69, 9.17) is 0 Å². The van der Waals surface area contributed by atoms with Gasteiger partial charge in [0.2, 0.25) is 0 Å². The normalized spacial score (nSPS) is 26.6. The molecule has 2 N–H and O–H groups in total. The van der Waals surface area contributed by atoms with E-state index in [1.807, 2.05) is 0 Å². The monoisotopic (exact) mass is 222 g/mol. The van der Waals surface area contributed by atoms with E-state index in [1.165, 1.54) is 12.8 Å². The Hall–Kier alpha value is -1.10. The van der Waals surface area contributed by atoms with Crippen molar-refractivity contribution in [3.63, 3.8) is 0 Å². The van der Waals surface area contributed by atoms with Gasteiger partial charge in [-0.25, -0.2) is 9.48 Å². The summed E-state index contributed by atoms with van der Waals surface area (Å²) in [7, 11) is 0. The van der Waals surface area contributed by atoms with Gasteiger partial charge in [-0.15, -0.1) is 0 Å². The number of hydrogen-bond acceptors (Lipinski definition) is 3. The summed E-state index contributed by atoms with van der Waals surface area (Å²) in [4.78, 5) is 14.7. The lowest BCUT2D eigenvalue weighted by Gasteiger charge is -2.24. The Bertz CT molecular complexity index is 412. The summed E-state index contributed by atoms with van der Waals surface area (Å²) in [5, 5.41) is 7.81. The number of hydrogen-bond donors (Lipinski definition) is 2. The molecule has 0 amide bonds. The van der Waals surface area contributed by atoms with Crippen LogP contribution in [0.3, 0.4) is 0 Å². The summed E-state index contributed by atoms with van der Waals surface area (Å²) in [6.07, 6.45) is 5.73. The molecule has 2 heterocycles. The van der Waals surface area contributed by atoms with Crippen LogP contribution in [0, 0.1) is 0 Å². The van der Waals surface area contributed by atoms with E-state index in [0.717, 1.165) is 38.2 Å². The van der Waals surface area contributed by atoms with Gasteiger partial charge >= 0.3 is 5.69 Å². The number of nitrogens with one attached hydrogen (secondary N) is 2. The fraction of sp³-hybridized carbons (Fsp3) is 0.818. The van der Waals surface area contributed by atoms with Crippen molar-refractivity contribution in [1.82, 2.24) is 20.1 Å². The molecule has 16 heavy (non-hydrogen) atoms. The Morgan fingerprint density at radius 1 is 1.25 bits per heavy atom. The fourth-order valence-corrected chi connectivity index (χ4v) is 2.50. The predicted molar refractivity (Wildman–Crippen MR) is 60.6 cm³/mol. The molecule has 5 nitrogen and oxygen atoms in total. The highest BCUT2D eigenvalue weighted by Crippen LogP contribution is 2.30. The molecule has 1 saturated carbocycles. The van der Waals surface area contributed by atoms with Gasteiger partial charge in [0, 0.05) is 12.5 Å². The second-order valence-electron chi connectivity index (χ2n) is 4.89. The molecule has 2 aliphatic rings. The molecule has 1 aromatic heterocycles. The van der Waals surface area contributed by atoms with Crippen LogP contribution in [0.4, 0.5) is 0 Å². The highest BCUT2D eigenvalue weighted by molar-refractivity contribution is 4.98. The summed E-state index contributed by atoms with van der Waals surface area (Å²) >= 11 is 0. The van der Waals surface area contributed by atoms with Gasteiger partial charge in [0.1, 0.15) is 5.82 Å². The maximum atomic E-state index is 11.7. The number of piperidine rings is 1. The van der Waals surface area contributed by atoms with Crippen LogP contribution in [0.1, 0.15) is 49.9 Å². The number of H-pyrrole nitrogens is 1. The van der Waals surface area contributed by atoms with Crippen molar-refractivity contribution in [3.8, 4) is 0 Å². The van der Waals surface area contributed by atoms with Crippen molar-refractivity contribution >= 4 is 0 Å². The molecule has 5 heteroatoms. The fourth-order valence-electron chi connectivity index (χ4n) is 2.50. The summed E-state index contributed by atoms with van der Waals surface area (Å²) < 4.78 is 1.66. The zero-order valence-electron chi connectivity index (χ0n) is 9.41. The average molecular weight is 222 g/mol. The van der Waals surface area contributed by atoms with Crippen molar-refractivity contribution in [2.45, 2.75) is 44.1 Å². The first-order valence-electron chi connectivity index (χ1n) is 6.24. The topological polar surface area (TPSA) is 62.7 Å². The molecular formula is C11H18N4O. The van der Waals surface area contributed by atoms with E-state index in [2.05, 4.69) is 15.4 Å². The molecule has 1 atom stereocenters. The van der Waals surface area contributed by atoms with Gasteiger partial charge in [-0.1, -0.05) is 0 Å². The third kappa shape index (κ3) is 1.69. The Labute approximate surface area is 94.2 Å². The van der Waals surface area contributed by atoms with Crippen LogP contribution in [0.2, 0.25) is 0 Å². The minimum Gasteiger partial charge on any atom is -0.316 e. The van der Waals surface area contributed by atoms with Crippen LogP contribution < -0.4 is 11.0 Å². The second kappa shape index (κ2) is 4.05. The first-order chi connectivity index (χ1) is 7.84. The summed E-state index contributed by atoms with van der Waals surface area (Å²) in [6.45, 7) is 2.03. The molecule has 1 aliphatic heterocycles. The maximum absolute atomic E-state index is 11.7. The molecule has 0 bridgehead atoms. The van der Waals surface area contributed by atoms with Gasteiger partial charge in [-0.05, 0) is 38.6 Å². The van der Waals surface area contributed by atoms with Gasteiger partial charge in [0.25, 0.3) is 0 Å². The summed E-state index contributed by atoms with van der Waals surface area (Å²) in [5.74, 6) is 1.27. The van der Waals surface area contributed by atoms with Gasteiger partial charge < -0.3 is 5.32 Å². The molecule has 3 rings (SSSR count). The Kier molecular flexibility index (Phi) is 2.55. The zero-order valence-corrected chi connectivity index (χ0v) is 9.41. The lowest BCUT2D eigenvalue weighted by Crippen LogP contribution is -2.29. The van der Waals surface area contributed by atoms with E-state index in [1.54, 1.807) is 4.68 Å². The van der Waals surface area contributed by atoms with E-state index in [0.29, 0.717) is 12.0 Å².